The number of sulfonamides is 1. The molecule has 0 bridgehead atoms. The molecular weight excluding hydrogens is 573 g/mol. The van der Waals surface area contributed by atoms with E-state index in [1.165, 1.54) is 12.1 Å². The SMILES string of the molecule is N#Cc1cccc(S(=O)(=O)N[C@H]2CNC[C@@H](C(=O)NCC(c3ccccc3)c3ccccc3)C2)c1.O=C(O)C(F)(F)F. The van der Waals surface area contributed by atoms with Crippen molar-refractivity contribution >= 4 is 21.9 Å². The number of rotatable bonds is 8. The van der Waals surface area contributed by atoms with Crippen molar-refractivity contribution in [2.24, 2.45) is 5.92 Å². The maximum Gasteiger partial charge on any atom is 0.490 e. The number of hydrogen-bond donors (Lipinski definition) is 4. The molecule has 0 aliphatic carbocycles. The van der Waals surface area contributed by atoms with Gasteiger partial charge in [0.15, 0.2) is 0 Å². The topological polar surface area (TPSA) is 148 Å². The van der Waals surface area contributed by atoms with Gasteiger partial charge in [-0.15, -0.1) is 0 Å². The molecule has 1 fully saturated rings. The molecule has 1 aliphatic rings. The van der Waals surface area contributed by atoms with Crippen molar-refractivity contribution in [2.75, 3.05) is 19.6 Å². The third kappa shape index (κ3) is 9.41. The Balaban J connectivity index is 0.000000616. The number of alkyl halides is 3. The molecule has 1 aliphatic heterocycles. The Labute approximate surface area is 241 Å². The van der Waals surface area contributed by atoms with Gasteiger partial charge in [0.1, 0.15) is 0 Å². The maximum atomic E-state index is 13.1. The van der Waals surface area contributed by atoms with E-state index in [1.807, 2.05) is 42.5 Å². The second-order valence-corrected chi connectivity index (χ2v) is 11.2. The Bertz CT molecular complexity index is 1460. The van der Waals surface area contributed by atoms with Crippen molar-refractivity contribution in [2.45, 2.75) is 29.5 Å². The van der Waals surface area contributed by atoms with Crippen molar-refractivity contribution in [1.29, 1.82) is 5.26 Å². The Hall–Kier alpha value is -4.25. The predicted octanol–water partition coefficient (Wildman–Crippen LogP) is 3.40. The lowest BCUT2D eigenvalue weighted by atomic mass is 9.90. The van der Waals surface area contributed by atoms with Gasteiger partial charge in [0, 0.05) is 31.6 Å². The van der Waals surface area contributed by atoms with E-state index in [0.29, 0.717) is 26.1 Å². The highest BCUT2D eigenvalue weighted by Gasteiger charge is 2.38. The van der Waals surface area contributed by atoms with Crippen LogP contribution in [0.3, 0.4) is 0 Å². The Morgan fingerprint density at radius 1 is 0.976 bits per heavy atom. The van der Waals surface area contributed by atoms with E-state index in [4.69, 9.17) is 15.2 Å². The molecule has 3 aromatic carbocycles. The number of hydrogen-bond acceptors (Lipinski definition) is 6. The maximum absolute atomic E-state index is 13.1. The van der Waals surface area contributed by atoms with E-state index in [2.05, 4.69) is 39.6 Å². The zero-order valence-electron chi connectivity index (χ0n) is 22.2. The lowest BCUT2D eigenvalue weighted by molar-refractivity contribution is -0.192. The highest BCUT2D eigenvalue weighted by Crippen LogP contribution is 2.24. The number of nitrogens with one attached hydrogen (secondary N) is 3. The molecule has 0 radical (unpaired) electrons. The molecule has 3 aromatic rings. The van der Waals surface area contributed by atoms with E-state index in [0.717, 1.165) is 11.1 Å². The Morgan fingerprint density at radius 2 is 1.55 bits per heavy atom. The Morgan fingerprint density at radius 3 is 2.07 bits per heavy atom. The van der Waals surface area contributed by atoms with Gasteiger partial charge in [0.05, 0.1) is 22.4 Å². The van der Waals surface area contributed by atoms with Crippen molar-refractivity contribution < 1.29 is 36.3 Å². The van der Waals surface area contributed by atoms with Gasteiger partial charge in [-0.1, -0.05) is 66.7 Å². The first-order chi connectivity index (χ1) is 19.9. The molecule has 1 amide bonds. The molecule has 42 heavy (non-hydrogen) atoms. The van der Waals surface area contributed by atoms with Gasteiger partial charge in [-0.05, 0) is 35.7 Å². The highest BCUT2D eigenvalue weighted by molar-refractivity contribution is 7.89. The summed E-state index contributed by atoms with van der Waals surface area (Å²) in [4.78, 5) is 22.0. The average Bonchev–Trinajstić information content (AvgIpc) is 2.98. The fourth-order valence-electron chi connectivity index (χ4n) is 4.40. The number of halogens is 3. The molecule has 13 heteroatoms. The van der Waals surface area contributed by atoms with Gasteiger partial charge in [-0.3, -0.25) is 4.79 Å². The molecule has 0 saturated carbocycles. The summed E-state index contributed by atoms with van der Waals surface area (Å²) in [6, 6.07) is 27.5. The lowest BCUT2D eigenvalue weighted by Gasteiger charge is -2.30. The summed E-state index contributed by atoms with van der Waals surface area (Å²) in [5.74, 6) is -3.22. The summed E-state index contributed by atoms with van der Waals surface area (Å²) >= 11 is 0. The number of nitriles is 1. The predicted molar refractivity (Wildman–Crippen MR) is 148 cm³/mol. The number of benzene rings is 3. The average molecular weight is 603 g/mol. The minimum absolute atomic E-state index is 0.0135. The monoisotopic (exact) mass is 602 g/mol. The minimum Gasteiger partial charge on any atom is -0.475 e. The first kappa shape index (κ1) is 32.3. The summed E-state index contributed by atoms with van der Waals surface area (Å²) in [6.45, 7) is 1.35. The van der Waals surface area contributed by atoms with Crippen LogP contribution in [0.2, 0.25) is 0 Å². The van der Waals surface area contributed by atoms with Crippen molar-refractivity contribution in [3.05, 3.63) is 102 Å². The zero-order chi connectivity index (χ0) is 30.8. The Kier molecular flexibility index (Phi) is 11.2. The van der Waals surface area contributed by atoms with Crippen LogP contribution in [0.15, 0.2) is 89.8 Å². The summed E-state index contributed by atoms with van der Waals surface area (Å²) in [5.41, 5.74) is 2.51. The first-order valence-corrected chi connectivity index (χ1v) is 14.3. The second-order valence-electron chi connectivity index (χ2n) is 9.47. The largest absolute Gasteiger partial charge is 0.490 e. The smallest absolute Gasteiger partial charge is 0.475 e. The van der Waals surface area contributed by atoms with Gasteiger partial charge < -0.3 is 15.7 Å². The minimum atomic E-state index is -5.08. The number of carbonyl (C=O) groups excluding carboxylic acids is 1. The van der Waals surface area contributed by atoms with Gasteiger partial charge >= 0.3 is 12.1 Å². The van der Waals surface area contributed by atoms with Gasteiger partial charge in [-0.2, -0.15) is 18.4 Å². The van der Waals surface area contributed by atoms with Crippen molar-refractivity contribution in [3.63, 3.8) is 0 Å². The summed E-state index contributed by atoms with van der Waals surface area (Å²) in [7, 11) is -3.81. The highest BCUT2D eigenvalue weighted by atomic mass is 32.2. The third-order valence-corrected chi connectivity index (χ3v) is 7.96. The standard InChI is InChI=1S/C27H28N4O3S.C2HF3O2/c28-16-20-8-7-13-25(14-20)35(33,34)31-24-15-23(17-29-18-24)27(32)30-19-26(21-9-3-1-4-10-21)22-11-5-2-6-12-22;3-2(4,5)1(6)7/h1-14,23-24,26,29,31H,15,17-19H2,(H,30,32);(H,6,7)/t23-,24+;/m0./s1. The molecule has 0 aromatic heterocycles. The normalized spacial score (nSPS) is 16.9. The molecule has 1 heterocycles. The number of nitrogens with zero attached hydrogens (tertiary/aromatic N) is 1. The molecule has 222 valence electrons. The van der Waals surface area contributed by atoms with Crippen LogP contribution < -0.4 is 15.4 Å². The number of piperidine rings is 1. The quantitative estimate of drug-likeness (QED) is 0.309. The van der Waals surface area contributed by atoms with Gasteiger partial charge in [0.25, 0.3) is 0 Å². The number of carboxylic acids is 1. The number of carbonyl (C=O) groups is 2. The third-order valence-electron chi connectivity index (χ3n) is 6.44. The molecule has 4 N–H and O–H groups in total. The molecule has 2 atom stereocenters. The zero-order valence-corrected chi connectivity index (χ0v) is 23.0. The molecule has 9 nitrogen and oxygen atoms in total. The van der Waals surface area contributed by atoms with E-state index < -0.39 is 28.2 Å². The molecule has 4 rings (SSSR count). The summed E-state index contributed by atoms with van der Waals surface area (Å²) in [6.07, 6.45) is -4.70. The fourth-order valence-corrected chi connectivity index (χ4v) is 5.69. The van der Waals surface area contributed by atoms with Gasteiger partial charge in [0.2, 0.25) is 15.9 Å². The molecule has 0 spiro atoms. The van der Waals surface area contributed by atoms with Crippen LogP contribution in [-0.2, 0) is 19.6 Å². The van der Waals surface area contributed by atoms with Crippen LogP contribution in [0.4, 0.5) is 13.2 Å². The van der Waals surface area contributed by atoms with Crippen molar-refractivity contribution in [1.82, 2.24) is 15.4 Å². The number of amides is 1. The fraction of sp³-hybridized carbons (Fsp3) is 0.276. The molecular formula is C29H29F3N4O5S. The lowest BCUT2D eigenvalue weighted by Crippen LogP contribution is -2.52. The van der Waals surface area contributed by atoms with Crippen LogP contribution >= 0.6 is 0 Å². The van der Waals surface area contributed by atoms with Crippen LogP contribution in [0.25, 0.3) is 0 Å². The molecule has 0 unspecified atom stereocenters. The summed E-state index contributed by atoms with van der Waals surface area (Å²) < 4.78 is 60.1. The van der Waals surface area contributed by atoms with E-state index in [9.17, 15) is 26.4 Å². The van der Waals surface area contributed by atoms with Gasteiger partial charge in [-0.25, -0.2) is 17.9 Å². The molecule has 1 saturated heterocycles. The van der Waals surface area contributed by atoms with E-state index in [-0.39, 0.29) is 28.2 Å². The van der Waals surface area contributed by atoms with Crippen molar-refractivity contribution in [3.8, 4) is 6.07 Å². The van der Waals surface area contributed by atoms with Crippen LogP contribution in [-0.4, -0.2) is 57.3 Å². The van der Waals surface area contributed by atoms with Crippen LogP contribution in [0, 0.1) is 17.2 Å². The van der Waals surface area contributed by atoms with Crippen LogP contribution in [0.1, 0.15) is 29.0 Å². The first-order valence-electron chi connectivity index (χ1n) is 12.8. The van der Waals surface area contributed by atoms with E-state index >= 15 is 0 Å². The number of aliphatic carboxylic acids is 1. The van der Waals surface area contributed by atoms with E-state index in [1.54, 1.807) is 12.1 Å². The van der Waals surface area contributed by atoms with Crippen LogP contribution in [0.5, 0.6) is 0 Å². The second kappa shape index (κ2) is 14.6. The number of carboxylic acid groups (broad SMARTS) is 1. The summed E-state index contributed by atoms with van der Waals surface area (Å²) in [5, 5.41) is 22.4.